The van der Waals surface area contributed by atoms with Gasteiger partial charge in [0.05, 0.1) is 15.6 Å². The highest BCUT2D eigenvalue weighted by Gasteiger charge is 2.28. The highest BCUT2D eigenvalue weighted by molar-refractivity contribution is 7.92. The number of nitrogens with zero attached hydrogens (tertiary/aromatic N) is 1. The van der Waals surface area contributed by atoms with Crippen molar-refractivity contribution in [2.75, 3.05) is 16.2 Å². The topological polar surface area (TPSA) is 66.5 Å². The van der Waals surface area contributed by atoms with Crippen LogP contribution in [0.2, 0.25) is 5.02 Å². The van der Waals surface area contributed by atoms with Gasteiger partial charge in [-0.15, -0.1) is 0 Å². The molecule has 0 aromatic heterocycles. The number of rotatable bonds is 6. The van der Waals surface area contributed by atoms with Crippen molar-refractivity contribution >= 4 is 38.9 Å². The van der Waals surface area contributed by atoms with Crippen LogP contribution in [0.1, 0.15) is 16.7 Å². The summed E-state index contributed by atoms with van der Waals surface area (Å²) in [5.41, 5.74) is 3.80. The Morgan fingerprint density at radius 1 is 0.900 bits per heavy atom. The minimum Gasteiger partial charge on any atom is -0.324 e. The molecule has 0 radical (unpaired) electrons. The molecule has 0 bridgehead atoms. The van der Waals surface area contributed by atoms with Gasteiger partial charge in [-0.25, -0.2) is 8.42 Å². The standard InChI is InChI=1S/C23H23ClN2O3S/c1-16-8-10-20(11-9-16)30(28,29)26(22-7-5-4-6-21(22)24)15-23(27)25-19-13-17(2)12-18(3)14-19/h4-14H,15H2,1-3H3,(H,25,27). The fourth-order valence-corrected chi connectivity index (χ4v) is 4.90. The molecule has 1 amide bonds. The maximum Gasteiger partial charge on any atom is 0.264 e. The van der Waals surface area contributed by atoms with Gasteiger partial charge in [-0.05, 0) is 68.3 Å². The Kier molecular flexibility index (Phi) is 6.48. The summed E-state index contributed by atoms with van der Waals surface area (Å²) in [6.45, 7) is 5.33. The van der Waals surface area contributed by atoms with E-state index in [1.807, 2.05) is 39.0 Å². The van der Waals surface area contributed by atoms with Gasteiger partial charge in [0.15, 0.2) is 0 Å². The van der Waals surface area contributed by atoms with E-state index >= 15 is 0 Å². The fraction of sp³-hybridized carbons (Fsp3) is 0.174. The van der Waals surface area contributed by atoms with Crippen LogP contribution in [-0.2, 0) is 14.8 Å². The van der Waals surface area contributed by atoms with Crippen LogP contribution in [-0.4, -0.2) is 20.9 Å². The van der Waals surface area contributed by atoms with Crippen molar-refractivity contribution in [3.8, 4) is 0 Å². The van der Waals surface area contributed by atoms with Gasteiger partial charge < -0.3 is 5.32 Å². The molecule has 0 heterocycles. The van der Waals surface area contributed by atoms with Crippen molar-refractivity contribution in [2.24, 2.45) is 0 Å². The molecule has 0 unspecified atom stereocenters. The van der Waals surface area contributed by atoms with Crippen LogP contribution in [0.15, 0.2) is 71.6 Å². The Hall–Kier alpha value is -2.83. The minimum atomic E-state index is -4.01. The van der Waals surface area contributed by atoms with E-state index in [4.69, 9.17) is 11.6 Å². The summed E-state index contributed by atoms with van der Waals surface area (Å²) in [5.74, 6) is -0.462. The maximum atomic E-state index is 13.4. The maximum absolute atomic E-state index is 13.4. The predicted octanol–water partition coefficient (Wildman–Crippen LogP) is 5.10. The summed E-state index contributed by atoms with van der Waals surface area (Å²) < 4.78 is 27.8. The number of halogens is 1. The van der Waals surface area contributed by atoms with Crippen LogP contribution in [0.5, 0.6) is 0 Å². The summed E-state index contributed by atoms with van der Waals surface area (Å²) in [6, 6.07) is 18.7. The number of anilines is 2. The largest absolute Gasteiger partial charge is 0.324 e. The third-order valence-electron chi connectivity index (χ3n) is 4.52. The monoisotopic (exact) mass is 442 g/mol. The van der Waals surface area contributed by atoms with Gasteiger partial charge in [-0.3, -0.25) is 9.10 Å². The number of hydrogen-bond acceptors (Lipinski definition) is 3. The average molecular weight is 443 g/mol. The van der Waals surface area contributed by atoms with Crippen LogP contribution in [0.4, 0.5) is 11.4 Å². The Bertz CT molecular complexity index is 1160. The lowest BCUT2D eigenvalue weighted by molar-refractivity contribution is -0.114. The van der Waals surface area contributed by atoms with Gasteiger partial charge in [0.25, 0.3) is 10.0 Å². The van der Waals surface area contributed by atoms with Gasteiger partial charge >= 0.3 is 0 Å². The first-order valence-corrected chi connectivity index (χ1v) is 11.2. The van der Waals surface area contributed by atoms with E-state index < -0.39 is 22.5 Å². The van der Waals surface area contributed by atoms with Crippen molar-refractivity contribution in [1.29, 1.82) is 0 Å². The highest BCUT2D eigenvalue weighted by Crippen LogP contribution is 2.30. The molecule has 3 aromatic rings. The molecule has 0 aliphatic heterocycles. The number of carbonyl (C=O) groups is 1. The van der Waals surface area contributed by atoms with Gasteiger partial charge in [-0.2, -0.15) is 0 Å². The zero-order valence-corrected chi connectivity index (χ0v) is 18.6. The number of carbonyl (C=O) groups excluding carboxylic acids is 1. The number of amides is 1. The summed E-state index contributed by atoms with van der Waals surface area (Å²) >= 11 is 6.29. The molecule has 0 saturated carbocycles. The molecule has 3 aromatic carbocycles. The number of para-hydroxylation sites is 1. The van der Waals surface area contributed by atoms with Gasteiger partial charge in [0.1, 0.15) is 6.54 Å². The second-order valence-corrected chi connectivity index (χ2v) is 9.47. The fourth-order valence-electron chi connectivity index (χ4n) is 3.17. The lowest BCUT2D eigenvalue weighted by atomic mass is 10.1. The van der Waals surface area contributed by atoms with Crippen LogP contribution in [0.25, 0.3) is 0 Å². The molecule has 3 rings (SSSR count). The second kappa shape index (κ2) is 8.90. The predicted molar refractivity (Wildman–Crippen MR) is 122 cm³/mol. The Morgan fingerprint density at radius 2 is 1.50 bits per heavy atom. The van der Waals surface area contributed by atoms with Crippen LogP contribution in [0, 0.1) is 20.8 Å². The molecule has 0 fully saturated rings. The normalized spacial score (nSPS) is 11.2. The molecule has 30 heavy (non-hydrogen) atoms. The molecule has 0 spiro atoms. The summed E-state index contributed by atoms with van der Waals surface area (Å²) in [4.78, 5) is 12.9. The number of aryl methyl sites for hydroxylation is 3. The Labute approximate surface area is 182 Å². The van der Waals surface area contributed by atoms with Gasteiger partial charge in [-0.1, -0.05) is 47.5 Å². The zero-order chi connectivity index (χ0) is 21.9. The number of hydrogen-bond donors (Lipinski definition) is 1. The van der Waals surface area contributed by atoms with Crippen LogP contribution < -0.4 is 9.62 Å². The van der Waals surface area contributed by atoms with E-state index in [9.17, 15) is 13.2 Å². The third kappa shape index (κ3) is 5.01. The summed E-state index contributed by atoms with van der Waals surface area (Å²) in [7, 11) is -4.01. The first-order valence-electron chi connectivity index (χ1n) is 9.39. The summed E-state index contributed by atoms with van der Waals surface area (Å²) in [5, 5.41) is 3.03. The van der Waals surface area contributed by atoms with Crippen molar-refractivity contribution < 1.29 is 13.2 Å². The highest BCUT2D eigenvalue weighted by atomic mass is 35.5. The Morgan fingerprint density at radius 3 is 2.10 bits per heavy atom. The molecule has 156 valence electrons. The SMILES string of the molecule is Cc1ccc(S(=O)(=O)N(CC(=O)Nc2cc(C)cc(C)c2)c2ccccc2Cl)cc1. The molecule has 0 saturated heterocycles. The number of sulfonamides is 1. The first-order chi connectivity index (χ1) is 14.2. The van der Waals surface area contributed by atoms with Crippen molar-refractivity contribution in [3.05, 3.63) is 88.4 Å². The smallest absolute Gasteiger partial charge is 0.264 e. The van der Waals surface area contributed by atoms with E-state index in [-0.39, 0.29) is 15.6 Å². The molecule has 0 atom stereocenters. The number of nitrogens with one attached hydrogen (secondary N) is 1. The lowest BCUT2D eigenvalue weighted by Crippen LogP contribution is -2.38. The first kappa shape index (κ1) is 21.9. The van der Waals surface area contributed by atoms with Gasteiger partial charge in [0.2, 0.25) is 5.91 Å². The molecular weight excluding hydrogens is 420 g/mol. The quantitative estimate of drug-likeness (QED) is 0.577. The number of benzene rings is 3. The molecular formula is C23H23ClN2O3S. The van der Waals surface area contributed by atoms with Crippen molar-refractivity contribution in [2.45, 2.75) is 25.7 Å². The van der Waals surface area contributed by atoms with Crippen molar-refractivity contribution in [1.82, 2.24) is 0 Å². The second-order valence-electron chi connectivity index (χ2n) is 7.20. The molecule has 5 nitrogen and oxygen atoms in total. The third-order valence-corrected chi connectivity index (χ3v) is 6.62. The molecule has 1 N–H and O–H groups in total. The van der Waals surface area contributed by atoms with Gasteiger partial charge in [0, 0.05) is 5.69 Å². The minimum absolute atomic E-state index is 0.0900. The van der Waals surface area contributed by atoms with E-state index in [2.05, 4.69) is 5.32 Å². The average Bonchev–Trinajstić information content (AvgIpc) is 2.66. The zero-order valence-electron chi connectivity index (χ0n) is 17.0. The summed E-state index contributed by atoms with van der Waals surface area (Å²) in [6.07, 6.45) is 0. The molecule has 0 aliphatic rings. The van der Waals surface area contributed by atoms with Crippen LogP contribution in [0.3, 0.4) is 0 Å². The lowest BCUT2D eigenvalue weighted by Gasteiger charge is -2.25. The molecule has 7 heteroatoms. The van der Waals surface area contributed by atoms with Crippen LogP contribution >= 0.6 is 11.6 Å². The Balaban J connectivity index is 1.97. The van der Waals surface area contributed by atoms with E-state index in [0.717, 1.165) is 21.0 Å². The van der Waals surface area contributed by atoms with E-state index in [1.54, 1.807) is 36.4 Å². The van der Waals surface area contributed by atoms with Crippen molar-refractivity contribution in [3.63, 3.8) is 0 Å². The molecule has 0 aliphatic carbocycles. The van der Waals surface area contributed by atoms with E-state index in [1.165, 1.54) is 12.1 Å². The van der Waals surface area contributed by atoms with E-state index in [0.29, 0.717) is 5.69 Å².